The van der Waals surface area contributed by atoms with E-state index in [2.05, 4.69) is 15.9 Å². The van der Waals surface area contributed by atoms with Crippen molar-refractivity contribution in [3.05, 3.63) is 37.1 Å². The van der Waals surface area contributed by atoms with Crippen LogP contribution in [0.15, 0.2) is 15.8 Å². The van der Waals surface area contributed by atoms with Crippen LogP contribution >= 0.6 is 15.9 Å². The average molecular weight is 360 g/mol. The molecule has 7 nitrogen and oxygen atoms in total. The summed E-state index contributed by atoms with van der Waals surface area (Å²) in [6.45, 7) is 2.47. The molecule has 8 heteroatoms. The minimum absolute atomic E-state index is 0.137. The van der Waals surface area contributed by atoms with Gasteiger partial charge in [-0.1, -0.05) is 29.3 Å². The van der Waals surface area contributed by atoms with Gasteiger partial charge < -0.3 is 0 Å². The van der Waals surface area contributed by atoms with Crippen LogP contribution in [0.4, 0.5) is 5.69 Å². The van der Waals surface area contributed by atoms with Gasteiger partial charge in [0.1, 0.15) is 0 Å². The highest BCUT2D eigenvalue weighted by molar-refractivity contribution is 9.09. The van der Waals surface area contributed by atoms with Crippen LogP contribution in [0.1, 0.15) is 32.6 Å². The van der Waals surface area contributed by atoms with Crippen molar-refractivity contribution in [3.63, 3.8) is 0 Å². The summed E-state index contributed by atoms with van der Waals surface area (Å²) in [5.41, 5.74) is -1.93. The van der Waals surface area contributed by atoms with Gasteiger partial charge in [0.05, 0.1) is 11.1 Å². The summed E-state index contributed by atoms with van der Waals surface area (Å²) in [6, 6.07) is 0. The number of aromatic nitrogens is 2. The third-order valence-corrected chi connectivity index (χ3v) is 5.26. The second-order valence-corrected chi connectivity index (χ2v) is 6.19. The Morgan fingerprint density at radius 1 is 1.43 bits per heavy atom. The van der Waals surface area contributed by atoms with Gasteiger partial charge in [0.25, 0.3) is 0 Å². The lowest BCUT2D eigenvalue weighted by Gasteiger charge is -2.40. The minimum Gasteiger partial charge on any atom is -0.293 e. The molecule has 0 saturated heterocycles. The first-order chi connectivity index (χ1) is 9.94. The standard InChI is InChI=1S/C13H18BrN3O4/c1-2-6-15-7-10(17(20)21)11(18)16(12(15)19)9-13(8-14)4-3-5-13/h7H,2-6,8-9H2,1H3. The first-order valence-corrected chi connectivity index (χ1v) is 8.11. The third-order valence-electron chi connectivity index (χ3n) is 4.07. The Morgan fingerprint density at radius 3 is 2.52 bits per heavy atom. The zero-order chi connectivity index (χ0) is 15.6. The summed E-state index contributed by atoms with van der Waals surface area (Å²) in [4.78, 5) is 34.9. The largest absolute Gasteiger partial charge is 0.350 e. The Morgan fingerprint density at radius 2 is 2.10 bits per heavy atom. The van der Waals surface area contributed by atoms with E-state index in [0.717, 1.165) is 30.0 Å². The van der Waals surface area contributed by atoms with Crippen molar-refractivity contribution in [3.8, 4) is 0 Å². The van der Waals surface area contributed by atoms with E-state index < -0.39 is 21.9 Å². The molecule has 1 fully saturated rings. The Labute approximate surface area is 129 Å². The van der Waals surface area contributed by atoms with E-state index in [1.807, 2.05) is 6.92 Å². The van der Waals surface area contributed by atoms with Gasteiger partial charge in [0, 0.05) is 18.4 Å². The van der Waals surface area contributed by atoms with Gasteiger partial charge in [0.2, 0.25) is 0 Å². The predicted octanol–water partition coefficient (Wildman–Crippen LogP) is 1.89. The van der Waals surface area contributed by atoms with Gasteiger partial charge in [0.15, 0.2) is 0 Å². The number of hydrogen-bond acceptors (Lipinski definition) is 4. The molecule has 0 amide bonds. The molecule has 0 N–H and O–H groups in total. The maximum atomic E-state index is 12.4. The van der Waals surface area contributed by atoms with Crippen molar-refractivity contribution >= 4 is 21.6 Å². The Hall–Kier alpha value is -1.44. The highest BCUT2D eigenvalue weighted by Gasteiger charge is 2.38. The molecule has 21 heavy (non-hydrogen) atoms. The van der Waals surface area contributed by atoms with E-state index >= 15 is 0 Å². The van der Waals surface area contributed by atoms with Crippen molar-refractivity contribution < 1.29 is 4.92 Å². The lowest BCUT2D eigenvalue weighted by Crippen LogP contribution is -2.47. The lowest BCUT2D eigenvalue weighted by atomic mass is 9.70. The summed E-state index contributed by atoms with van der Waals surface area (Å²) in [5.74, 6) is 0. The number of hydrogen-bond donors (Lipinski definition) is 0. The molecular formula is C13H18BrN3O4. The summed E-state index contributed by atoms with van der Waals surface area (Å²) in [5, 5.41) is 11.7. The fourth-order valence-electron chi connectivity index (χ4n) is 2.65. The van der Waals surface area contributed by atoms with E-state index in [9.17, 15) is 19.7 Å². The molecule has 0 aliphatic heterocycles. The van der Waals surface area contributed by atoms with Crippen LogP contribution < -0.4 is 11.2 Å². The SMILES string of the molecule is CCCn1cc([N+](=O)[O-])c(=O)n(CC2(CBr)CCC2)c1=O. The zero-order valence-electron chi connectivity index (χ0n) is 11.9. The molecule has 0 atom stereocenters. The lowest BCUT2D eigenvalue weighted by molar-refractivity contribution is -0.387. The summed E-state index contributed by atoms with van der Waals surface area (Å²) in [7, 11) is 0. The third kappa shape index (κ3) is 2.95. The van der Waals surface area contributed by atoms with Gasteiger partial charge >= 0.3 is 16.9 Å². The number of nitrogens with zero attached hydrogens (tertiary/aromatic N) is 3. The molecule has 0 radical (unpaired) electrons. The van der Waals surface area contributed by atoms with Crippen molar-refractivity contribution in [2.75, 3.05) is 5.33 Å². The minimum atomic E-state index is -0.801. The van der Waals surface area contributed by atoms with Crippen LogP contribution in [-0.4, -0.2) is 19.4 Å². The molecule has 0 bridgehead atoms. The average Bonchev–Trinajstić information content (AvgIpc) is 2.40. The number of alkyl halides is 1. The monoisotopic (exact) mass is 359 g/mol. The van der Waals surface area contributed by atoms with E-state index in [-0.39, 0.29) is 12.0 Å². The van der Waals surface area contributed by atoms with Crippen LogP contribution in [0.5, 0.6) is 0 Å². The number of nitro groups is 1. The molecule has 2 rings (SSSR count). The van der Waals surface area contributed by atoms with Crippen molar-refractivity contribution in [2.24, 2.45) is 5.41 Å². The fourth-order valence-corrected chi connectivity index (χ4v) is 3.39. The molecule has 116 valence electrons. The zero-order valence-corrected chi connectivity index (χ0v) is 13.5. The van der Waals surface area contributed by atoms with E-state index in [0.29, 0.717) is 18.3 Å². The molecule has 0 spiro atoms. The van der Waals surface area contributed by atoms with Crippen LogP contribution in [-0.2, 0) is 13.1 Å². The first kappa shape index (κ1) is 15.9. The smallest absolute Gasteiger partial charge is 0.293 e. The molecule has 1 saturated carbocycles. The van der Waals surface area contributed by atoms with E-state index in [4.69, 9.17) is 0 Å². The predicted molar refractivity (Wildman–Crippen MR) is 82.0 cm³/mol. The molecule has 1 aromatic rings. The van der Waals surface area contributed by atoms with E-state index in [1.54, 1.807) is 0 Å². The van der Waals surface area contributed by atoms with Gasteiger partial charge in [-0.15, -0.1) is 0 Å². The molecule has 1 aliphatic rings. The summed E-state index contributed by atoms with van der Waals surface area (Å²) >= 11 is 3.43. The first-order valence-electron chi connectivity index (χ1n) is 6.99. The van der Waals surface area contributed by atoms with Crippen LogP contribution in [0, 0.1) is 15.5 Å². The Balaban J connectivity index is 2.55. The Bertz CT molecular complexity index is 655. The topological polar surface area (TPSA) is 87.1 Å². The highest BCUT2D eigenvalue weighted by atomic mass is 79.9. The fraction of sp³-hybridized carbons (Fsp3) is 0.692. The van der Waals surface area contributed by atoms with Gasteiger partial charge in [-0.2, -0.15) is 0 Å². The quantitative estimate of drug-likeness (QED) is 0.440. The Kier molecular flexibility index (Phi) is 4.65. The van der Waals surface area contributed by atoms with Crippen LogP contribution in [0.3, 0.4) is 0 Å². The number of aryl methyl sites for hydroxylation is 1. The van der Waals surface area contributed by atoms with Crippen molar-refractivity contribution in [1.29, 1.82) is 0 Å². The normalized spacial score (nSPS) is 16.5. The molecule has 1 aromatic heterocycles. The highest BCUT2D eigenvalue weighted by Crippen LogP contribution is 2.43. The van der Waals surface area contributed by atoms with Crippen LogP contribution in [0.25, 0.3) is 0 Å². The second kappa shape index (κ2) is 6.13. The van der Waals surface area contributed by atoms with Gasteiger partial charge in [-0.05, 0) is 24.7 Å². The number of halogens is 1. The molecule has 0 unspecified atom stereocenters. The molecule has 1 heterocycles. The second-order valence-electron chi connectivity index (χ2n) is 5.63. The maximum Gasteiger partial charge on any atom is 0.350 e. The van der Waals surface area contributed by atoms with Crippen molar-refractivity contribution in [1.82, 2.24) is 9.13 Å². The van der Waals surface area contributed by atoms with Crippen LogP contribution in [0.2, 0.25) is 0 Å². The molecule has 0 aromatic carbocycles. The molecular weight excluding hydrogens is 342 g/mol. The summed E-state index contributed by atoms with van der Waals surface area (Å²) in [6.07, 6.45) is 4.62. The molecule has 1 aliphatic carbocycles. The maximum absolute atomic E-state index is 12.4. The van der Waals surface area contributed by atoms with Gasteiger partial charge in [-0.3, -0.25) is 24.0 Å². The summed E-state index contributed by atoms with van der Waals surface area (Å²) < 4.78 is 2.30. The van der Waals surface area contributed by atoms with Gasteiger partial charge in [-0.25, -0.2) is 4.79 Å². The van der Waals surface area contributed by atoms with E-state index in [1.165, 1.54) is 4.57 Å². The van der Waals surface area contributed by atoms with Crippen molar-refractivity contribution in [2.45, 2.75) is 45.7 Å². The number of rotatable bonds is 6.